The van der Waals surface area contributed by atoms with Crippen LogP contribution in [-0.4, -0.2) is 9.97 Å². The van der Waals surface area contributed by atoms with Gasteiger partial charge in [-0.15, -0.1) is 11.3 Å². The number of nitrogens with one attached hydrogen (secondary N) is 1. The lowest BCUT2D eigenvalue weighted by atomic mass is 10.1. The minimum Gasteiger partial charge on any atom is -0.302 e. The Morgan fingerprint density at radius 1 is 1.41 bits per heavy atom. The van der Waals surface area contributed by atoms with Gasteiger partial charge in [-0.05, 0) is 18.6 Å². The Morgan fingerprint density at radius 2 is 2.29 bits per heavy atom. The van der Waals surface area contributed by atoms with Gasteiger partial charge in [-0.2, -0.15) is 0 Å². The molecule has 1 unspecified atom stereocenters. The summed E-state index contributed by atoms with van der Waals surface area (Å²) in [5, 5.41) is 6.37. The van der Waals surface area contributed by atoms with Gasteiger partial charge in [0.05, 0.1) is 11.9 Å². The number of hydrogen-bond acceptors (Lipinski definition) is 4. The minimum atomic E-state index is -0.302. The van der Waals surface area contributed by atoms with E-state index in [4.69, 9.17) is 0 Å². The first kappa shape index (κ1) is 12.1. The zero-order chi connectivity index (χ0) is 12.1. The van der Waals surface area contributed by atoms with Gasteiger partial charge in [0.15, 0.2) is 0 Å². The van der Waals surface area contributed by atoms with Gasteiger partial charge in [-0.25, -0.2) is 9.37 Å². The van der Waals surface area contributed by atoms with Crippen molar-refractivity contribution in [1.29, 1.82) is 0 Å². The Bertz CT molecular complexity index is 441. The molecule has 0 aliphatic carbocycles. The summed E-state index contributed by atoms with van der Waals surface area (Å²) in [5.74, 6) is -0.302. The molecule has 0 saturated carbocycles. The van der Waals surface area contributed by atoms with E-state index in [1.165, 1.54) is 12.3 Å². The predicted molar refractivity (Wildman–Crippen MR) is 66.2 cm³/mol. The summed E-state index contributed by atoms with van der Waals surface area (Å²) in [5.41, 5.74) is 0.866. The molecule has 3 nitrogen and oxygen atoms in total. The van der Waals surface area contributed by atoms with Gasteiger partial charge < -0.3 is 5.32 Å². The van der Waals surface area contributed by atoms with Gasteiger partial charge >= 0.3 is 0 Å². The molecule has 1 N–H and O–H groups in total. The van der Waals surface area contributed by atoms with Crippen molar-refractivity contribution in [2.45, 2.75) is 25.9 Å². The van der Waals surface area contributed by atoms with Crippen molar-refractivity contribution >= 4 is 11.3 Å². The average molecular weight is 251 g/mol. The summed E-state index contributed by atoms with van der Waals surface area (Å²) >= 11 is 1.62. The number of pyridine rings is 1. The molecular formula is C12H14FN3S. The molecule has 90 valence electrons. The van der Waals surface area contributed by atoms with Gasteiger partial charge in [0.2, 0.25) is 0 Å². The van der Waals surface area contributed by atoms with Gasteiger partial charge in [-0.1, -0.05) is 6.92 Å². The molecule has 2 rings (SSSR count). The molecule has 0 fully saturated rings. The van der Waals surface area contributed by atoms with Crippen LogP contribution in [-0.2, 0) is 6.54 Å². The highest BCUT2D eigenvalue weighted by molar-refractivity contribution is 7.09. The molecule has 0 aliphatic heterocycles. The highest BCUT2D eigenvalue weighted by Gasteiger charge is 2.10. The number of thiazole rings is 1. The van der Waals surface area contributed by atoms with Gasteiger partial charge in [-0.3, -0.25) is 4.98 Å². The van der Waals surface area contributed by atoms with E-state index in [2.05, 4.69) is 22.2 Å². The smallest absolute Gasteiger partial charge is 0.141 e. The molecule has 0 radical (unpaired) electrons. The third-order valence-electron chi connectivity index (χ3n) is 2.50. The Hall–Kier alpha value is -1.33. The second kappa shape index (κ2) is 5.84. The van der Waals surface area contributed by atoms with E-state index in [9.17, 15) is 4.39 Å². The lowest BCUT2D eigenvalue weighted by Gasteiger charge is -2.15. The van der Waals surface area contributed by atoms with E-state index < -0.39 is 0 Å². The first-order valence-corrected chi connectivity index (χ1v) is 6.40. The van der Waals surface area contributed by atoms with Crippen LogP contribution in [0.2, 0.25) is 0 Å². The van der Waals surface area contributed by atoms with Crippen LogP contribution in [0.3, 0.4) is 0 Å². The van der Waals surface area contributed by atoms with Crippen molar-refractivity contribution < 1.29 is 4.39 Å². The van der Waals surface area contributed by atoms with Crippen molar-refractivity contribution in [1.82, 2.24) is 15.3 Å². The van der Waals surface area contributed by atoms with Gasteiger partial charge in [0, 0.05) is 24.2 Å². The second-order valence-electron chi connectivity index (χ2n) is 3.67. The number of rotatable bonds is 5. The van der Waals surface area contributed by atoms with E-state index >= 15 is 0 Å². The molecule has 0 bridgehead atoms. The molecule has 0 aromatic carbocycles. The predicted octanol–water partition coefficient (Wildman–Crippen LogP) is 2.92. The maximum atomic E-state index is 12.8. The first-order chi connectivity index (χ1) is 8.29. The van der Waals surface area contributed by atoms with Crippen LogP contribution >= 0.6 is 11.3 Å². The highest BCUT2D eigenvalue weighted by Crippen LogP contribution is 2.15. The lowest BCUT2D eigenvalue weighted by molar-refractivity contribution is 0.503. The Labute approximate surface area is 104 Å². The van der Waals surface area contributed by atoms with E-state index in [1.807, 2.05) is 5.38 Å². The highest BCUT2D eigenvalue weighted by atomic mass is 32.1. The molecule has 0 aliphatic rings. The lowest BCUT2D eigenvalue weighted by Crippen LogP contribution is -2.21. The van der Waals surface area contributed by atoms with Crippen LogP contribution in [0, 0.1) is 5.82 Å². The average Bonchev–Trinajstić information content (AvgIpc) is 2.85. The SMILES string of the molecule is CCC(NCc1nccs1)c1ccc(F)cn1. The number of hydrogen-bond donors (Lipinski definition) is 1. The fourth-order valence-electron chi connectivity index (χ4n) is 1.60. The van der Waals surface area contributed by atoms with E-state index in [1.54, 1.807) is 23.6 Å². The number of nitrogens with zero attached hydrogens (tertiary/aromatic N) is 2. The van der Waals surface area contributed by atoms with E-state index in [-0.39, 0.29) is 11.9 Å². The molecule has 2 heterocycles. The minimum absolute atomic E-state index is 0.138. The third-order valence-corrected chi connectivity index (χ3v) is 3.28. The van der Waals surface area contributed by atoms with Crippen LogP contribution in [0.15, 0.2) is 29.9 Å². The normalized spacial score (nSPS) is 12.6. The van der Waals surface area contributed by atoms with Crippen LogP contribution in [0.25, 0.3) is 0 Å². The monoisotopic (exact) mass is 251 g/mol. The summed E-state index contributed by atoms with van der Waals surface area (Å²) < 4.78 is 12.8. The quantitative estimate of drug-likeness (QED) is 0.888. The zero-order valence-electron chi connectivity index (χ0n) is 9.56. The van der Waals surface area contributed by atoms with Crippen molar-refractivity contribution in [2.24, 2.45) is 0 Å². The molecular weight excluding hydrogens is 237 g/mol. The van der Waals surface area contributed by atoms with E-state index in [0.29, 0.717) is 0 Å². The summed E-state index contributed by atoms with van der Waals surface area (Å²) in [4.78, 5) is 8.30. The molecule has 2 aromatic rings. The number of aromatic nitrogens is 2. The fourth-order valence-corrected chi connectivity index (χ4v) is 2.17. The Kier molecular flexibility index (Phi) is 4.17. The molecule has 2 aromatic heterocycles. The number of halogens is 1. The molecule has 0 amide bonds. The van der Waals surface area contributed by atoms with Gasteiger partial charge in [0.25, 0.3) is 0 Å². The topological polar surface area (TPSA) is 37.8 Å². The van der Waals surface area contributed by atoms with Crippen LogP contribution in [0.5, 0.6) is 0 Å². The van der Waals surface area contributed by atoms with Crippen LogP contribution < -0.4 is 5.32 Å². The summed E-state index contributed by atoms with van der Waals surface area (Å²) in [6.07, 6.45) is 3.95. The summed E-state index contributed by atoms with van der Waals surface area (Å²) in [6, 6.07) is 3.30. The second-order valence-corrected chi connectivity index (χ2v) is 4.65. The van der Waals surface area contributed by atoms with Crippen molar-refractivity contribution in [3.8, 4) is 0 Å². The molecule has 0 spiro atoms. The van der Waals surface area contributed by atoms with Gasteiger partial charge in [0.1, 0.15) is 10.8 Å². The fraction of sp³-hybridized carbons (Fsp3) is 0.333. The molecule has 5 heteroatoms. The summed E-state index contributed by atoms with van der Waals surface area (Å²) in [7, 11) is 0. The first-order valence-electron chi connectivity index (χ1n) is 5.52. The van der Waals surface area contributed by atoms with Crippen molar-refractivity contribution in [3.05, 3.63) is 46.4 Å². The van der Waals surface area contributed by atoms with Crippen molar-refractivity contribution in [2.75, 3.05) is 0 Å². The standard InChI is InChI=1S/C12H14FN3S/c1-2-10(11-4-3-9(13)7-15-11)16-8-12-14-5-6-17-12/h3-7,10,16H,2,8H2,1H3. The summed E-state index contributed by atoms with van der Waals surface area (Å²) in [6.45, 7) is 2.79. The maximum absolute atomic E-state index is 12.8. The van der Waals surface area contributed by atoms with Crippen LogP contribution in [0.4, 0.5) is 4.39 Å². The Balaban J connectivity index is 1.99. The Morgan fingerprint density at radius 3 is 2.88 bits per heavy atom. The van der Waals surface area contributed by atoms with Crippen LogP contribution in [0.1, 0.15) is 30.1 Å². The van der Waals surface area contributed by atoms with E-state index in [0.717, 1.165) is 23.7 Å². The third kappa shape index (κ3) is 3.31. The molecule has 0 saturated heterocycles. The van der Waals surface area contributed by atoms with Crippen molar-refractivity contribution in [3.63, 3.8) is 0 Å². The maximum Gasteiger partial charge on any atom is 0.141 e. The molecule has 1 atom stereocenters. The zero-order valence-corrected chi connectivity index (χ0v) is 10.4. The largest absolute Gasteiger partial charge is 0.302 e. The molecule has 17 heavy (non-hydrogen) atoms.